The molecule has 0 saturated carbocycles. The van der Waals surface area contributed by atoms with Crippen molar-refractivity contribution in [2.24, 2.45) is 5.73 Å². The molecule has 1 fully saturated rings. The van der Waals surface area contributed by atoms with Crippen LogP contribution < -0.4 is 11.1 Å². The van der Waals surface area contributed by atoms with Crippen LogP contribution in [0, 0.1) is 0 Å². The average molecular weight is 214 g/mol. The summed E-state index contributed by atoms with van der Waals surface area (Å²) in [5.41, 5.74) is 5.47. The second-order valence-corrected chi connectivity index (χ2v) is 4.09. The van der Waals surface area contributed by atoms with Crippen molar-refractivity contribution in [3.63, 3.8) is 0 Å². The third-order valence-electron chi connectivity index (χ3n) is 2.81. The highest BCUT2D eigenvalue weighted by atomic mass is 16.5. The minimum Gasteiger partial charge on any atom is -0.378 e. The molecule has 0 aromatic heterocycles. The van der Waals surface area contributed by atoms with Gasteiger partial charge >= 0.3 is 0 Å². The normalized spacial score (nSPS) is 22.7. The standard InChI is InChI=1S/C11H22N2O2/c1-2-9(5-6-12)13-11(14)8-10-4-3-7-15-10/h9-10H,2-8,12H2,1H3,(H,13,14). The van der Waals surface area contributed by atoms with Crippen LogP contribution in [0.5, 0.6) is 0 Å². The summed E-state index contributed by atoms with van der Waals surface area (Å²) in [6, 6.07) is 0.226. The van der Waals surface area contributed by atoms with Gasteiger partial charge in [0.2, 0.25) is 5.91 Å². The number of nitrogens with one attached hydrogen (secondary N) is 1. The first kappa shape index (κ1) is 12.5. The summed E-state index contributed by atoms with van der Waals surface area (Å²) >= 11 is 0. The summed E-state index contributed by atoms with van der Waals surface area (Å²) in [5.74, 6) is 0.0993. The van der Waals surface area contributed by atoms with Crippen LogP contribution in [0.4, 0.5) is 0 Å². The molecule has 0 bridgehead atoms. The number of rotatable bonds is 6. The van der Waals surface area contributed by atoms with Crippen molar-refractivity contribution in [2.75, 3.05) is 13.2 Å². The van der Waals surface area contributed by atoms with Gasteiger partial charge in [-0.3, -0.25) is 4.79 Å². The molecule has 0 aromatic carbocycles. The highest BCUT2D eigenvalue weighted by Crippen LogP contribution is 2.15. The van der Waals surface area contributed by atoms with Gasteiger partial charge in [0.25, 0.3) is 0 Å². The molecule has 1 amide bonds. The molecule has 4 nitrogen and oxygen atoms in total. The zero-order valence-corrected chi connectivity index (χ0v) is 9.50. The summed E-state index contributed by atoms with van der Waals surface area (Å²) in [6.07, 6.45) is 4.53. The highest BCUT2D eigenvalue weighted by molar-refractivity contribution is 5.76. The SMILES string of the molecule is CCC(CCN)NC(=O)CC1CCCO1. The van der Waals surface area contributed by atoms with Crippen LogP contribution in [0.15, 0.2) is 0 Å². The fraction of sp³-hybridized carbons (Fsp3) is 0.909. The van der Waals surface area contributed by atoms with Crippen LogP contribution in [0.25, 0.3) is 0 Å². The molecule has 3 N–H and O–H groups in total. The van der Waals surface area contributed by atoms with E-state index in [-0.39, 0.29) is 18.1 Å². The fourth-order valence-corrected chi connectivity index (χ4v) is 1.88. The van der Waals surface area contributed by atoms with Crippen molar-refractivity contribution in [1.82, 2.24) is 5.32 Å². The van der Waals surface area contributed by atoms with Crippen molar-refractivity contribution in [3.05, 3.63) is 0 Å². The zero-order valence-electron chi connectivity index (χ0n) is 9.50. The number of ether oxygens (including phenoxy) is 1. The van der Waals surface area contributed by atoms with Gasteiger partial charge in [0.1, 0.15) is 0 Å². The number of carbonyl (C=O) groups is 1. The second-order valence-electron chi connectivity index (χ2n) is 4.09. The molecule has 2 unspecified atom stereocenters. The van der Waals surface area contributed by atoms with Crippen LogP contribution in [-0.4, -0.2) is 31.2 Å². The van der Waals surface area contributed by atoms with E-state index in [9.17, 15) is 4.79 Å². The monoisotopic (exact) mass is 214 g/mol. The molecule has 15 heavy (non-hydrogen) atoms. The van der Waals surface area contributed by atoms with Crippen molar-refractivity contribution in [1.29, 1.82) is 0 Å². The number of hydrogen-bond acceptors (Lipinski definition) is 3. The van der Waals surface area contributed by atoms with E-state index in [0.717, 1.165) is 32.3 Å². The quantitative estimate of drug-likeness (QED) is 0.687. The Morgan fingerprint density at radius 3 is 3.00 bits per heavy atom. The molecular formula is C11H22N2O2. The lowest BCUT2D eigenvalue weighted by atomic mass is 10.1. The summed E-state index contributed by atoms with van der Waals surface area (Å²) in [6.45, 7) is 3.49. The molecule has 0 aromatic rings. The van der Waals surface area contributed by atoms with E-state index in [1.54, 1.807) is 0 Å². The van der Waals surface area contributed by atoms with E-state index in [0.29, 0.717) is 13.0 Å². The molecule has 1 heterocycles. The van der Waals surface area contributed by atoms with Crippen LogP contribution in [0.1, 0.15) is 39.0 Å². The summed E-state index contributed by atoms with van der Waals surface area (Å²) < 4.78 is 5.41. The minimum atomic E-state index is 0.0993. The number of carbonyl (C=O) groups excluding carboxylic acids is 1. The average Bonchev–Trinajstić information content (AvgIpc) is 2.69. The van der Waals surface area contributed by atoms with Gasteiger partial charge in [0.05, 0.1) is 12.5 Å². The smallest absolute Gasteiger partial charge is 0.222 e. The van der Waals surface area contributed by atoms with Crippen LogP contribution in [-0.2, 0) is 9.53 Å². The van der Waals surface area contributed by atoms with Crippen LogP contribution in [0.2, 0.25) is 0 Å². The summed E-state index contributed by atoms with van der Waals surface area (Å²) in [4.78, 5) is 11.6. The molecule has 2 atom stereocenters. The molecule has 0 aliphatic carbocycles. The molecule has 0 spiro atoms. The zero-order chi connectivity index (χ0) is 11.1. The molecule has 0 radical (unpaired) electrons. The van der Waals surface area contributed by atoms with Crippen LogP contribution in [0.3, 0.4) is 0 Å². The first-order valence-electron chi connectivity index (χ1n) is 5.87. The first-order valence-corrected chi connectivity index (χ1v) is 5.87. The molecule has 1 rings (SSSR count). The first-order chi connectivity index (χ1) is 7.26. The van der Waals surface area contributed by atoms with Crippen molar-refractivity contribution >= 4 is 5.91 Å². The maximum absolute atomic E-state index is 11.6. The molecule has 1 saturated heterocycles. The van der Waals surface area contributed by atoms with Gasteiger partial charge < -0.3 is 15.8 Å². The Hall–Kier alpha value is -0.610. The van der Waals surface area contributed by atoms with Gasteiger partial charge in [-0.1, -0.05) is 6.92 Å². The predicted octanol–water partition coefficient (Wildman–Crippen LogP) is 0.799. The van der Waals surface area contributed by atoms with Crippen molar-refractivity contribution < 1.29 is 9.53 Å². The molecule has 88 valence electrons. The Morgan fingerprint density at radius 1 is 1.67 bits per heavy atom. The lowest BCUT2D eigenvalue weighted by molar-refractivity contribution is -0.124. The Morgan fingerprint density at radius 2 is 2.47 bits per heavy atom. The fourth-order valence-electron chi connectivity index (χ4n) is 1.88. The lowest BCUT2D eigenvalue weighted by Crippen LogP contribution is -2.37. The van der Waals surface area contributed by atoms with Crippen molar-refractivity contribution in [3.8, 4) is 0 Å². The number of nitrogens with two attached hydrogens (primary N) is 1. The predicted molar refractivity (Wildman–Crippen MR) is 59.5 cm³/mol. The van der Waals surface area contributed by atoms with Gasteiger partial charge in [-0.05, 0) is 32.2 Å². The van der Waals surface area contributed by atoms with E-state index < -0.39 is 0 Å². The van der Waals surface area contributed by atoms with Crippen molar-refractivity contribution in [2.45, 2.75) is 51.2 Å². The molecule has 1 aliphatic rings. The molecular weight excluding hydrogens is 192 g/mol. The molecule has 1 aliphatic heterocycles. The van der Waals surface area contributed by atoms with Gasteiger partial charge in [-0.2, -0.15) is 0 Å². The van der Waals surface area contributed by atoms with E-state index in [1.165, 1.54) is 0 Å². The number of hydrogen-bond donors (Lipinski definition) is 2. The maximum atomic E-state index is 11.6. The maximum Gasteiger partial charge on any atom is 0.222 e. The van der Waals surface area contributed by atoms with Gasteiger partial charge in [-0.15, -0.1) is 0 Å². The largest absolute Gasteiger partial charge is 0.378 e. The Kier molecular flexibility index (Phi) is 5.65. The van der Waals surface area contributed by atoms with E-state index in [2.05, 4.69) is 12.2 Å². The van der Waals surface area contributed by atoms with Gasteiger partial charge in [0, 0.05) is 12.6 Å². The van der Waals surface area contributed by atoms with E-state index in [4.69, 9.17) is 10.5 Å². The minimum absolute atomic E-state index is 0.0993. The van der Waals surface area contributed by atoms with Gasteiger partial charge in [0.15, 0.2) is 0 Å². The highest BCUT2D eigenvalue weighted by Gasteiger charge is 2.20. The third kappa shape index (κ3) is 4.62. The van der Waals surface area contributed by atoms with E-state index >= 15 is 0 Å². The Bertz CT molecular complexity index is 191. The Balaban J connectivity index is 2.20. The number of amides is 1. The third-order valence-corrected chi connectivity index (χ3v) is 2.81. The lowest BCUT2D eigenvalue weighted by Gasteiger charge is -2.17. The molecule has 4 heteroatoms. The Labute approximate surface area is 91.5 Å². The van der Waals surface area contributed by atoms with Crippen LogP contribution >= 0.6 is 0 Å². The van der Waals surface area contributed by atoms with Gasteiger partial charge in [-0.25, -0.2) is 0 Å². The summed E-state index contributed by atoms with van der Waals surface area (Å²) in [7, 11) is 0. The second kappa shape index (κ2) is 6.80. The summed E-state index contributed by atoms with van der Waals surface area (Å²) in [5, 5.41) is 3.00. The topological polar surface area (TPSA) is 64.3 Å². The van der Waals surface area contributed by atoms with E-state index in [1.807, 2.05) is 0 Å².